The van der Waals surface area contributed by atoms with Gasteiger partial charge in [0.05, 0.1) is 0 Å². The predicted octanol–water partition coefficient (Wildman–Crippen LogP) is -2.08. The third kappa shape index (κ3) is 8.20. The molecule has 7 N–H and O–H groups in total. The molecular weight excluding hydrogens is 257 g/mol. The average Bonchev–Trinajstić information content (AvgIpc) is 2.08. The normalized spacial score (nSPS) is 12.6. The molecule has 0 heterocycles. The van der Waals surface area contributed by atoms with E-state index in [1.807, 2.05) is 5.32 Å². The van der Waals surface area contributed by atoms with Gasteiger partial charge in [-0.2, -0.15) is 0 Å². The first kappa shape index (κ1) is 15.4. The third-order valence-corrected chi connectivity index (χ3v) is 1.91. The standard InChI is InChI=1S/C6H12N3O7P/c7-4(10)2-1-3(9-6(8)12)5(11)16-17(13,14)15/h3H,1-2H2,(H2,7,10)(H3,8,9,12)(H2,13,14,15)/t3-/m0/s1. The fourth-order valence-electron chi connectivity index (χ4n) is 0.888. The quantitative estimate of drug-likeness (QED) is 0.343. The van der Waals surface area contributed by atoms with Gasteiger partial charge in [0.1, 0.15) is 6.04 Å². The zero-order valence-electron chi connectivity index (χ0n) is 8.53. The van der Waals surface area contributed by atoms with Gasteiger partial charge in [-0.3, -0.25) is 14.6 Å². The lowest BCUT2D eigenvalue weighted by Gasteiger charge is -2.15. The average molecular weight is 269 g/mol. The maximum atomic E-state index is 11.2. The van der Waals surface area contributed by atoms with Gasteiger partial charge in [-0.15, -0.1) is 0 Å². The van der Waals surface area contributed by atoms with E-state index in [4.69, 9.17) is 21.3 Å². The number of hydrogen-bond donors (Lipinski definition) is 5. The molecule has 98 valence electrons. The smallest absolute Gasteiger partial charge is 0.370 e. The maximum absolute atomic E-state index is 11.2. The number of amides is 3. The second-order valence-electron chi connectivity index (χ2n) is 2.97. The minimum Gasteiger partial charge on any atom is -0.370 e. The summed E-state index contributed by atoms with van der Waals surface area (Å²) >= 11 is 0. The van der Waals surface area contributed by atoms with Crippen LogP contribution in [0.4, 0.5) is 4.79 Å². The number of carbonyl (C=O) groups is 3. The monoisotopic (exact) mass is 269 g/mol. The molecule has 11 heteroatoms. The molecule has 0 saturated heterocycles. The molecule has 0 aliphatic rings. The molecule has 3 amide bonds. The van der Waals surface area contributed by atoms with Crippen LogP contribution in [0, 0.1) is 0 Å². The van der Waals surface area contributed by atoms with E-state index in [0.717, 1.165) is 0 Å². The summed E-state index contributed by atoms with van der Waals surface area (Å²) in [7, 11) is -5.02. The van der Waals surface area contributed by atoms with Crippen LogP contribution in [0.1, 0.15) is 12.8 Å². The summed E-state index contributed by atoms with van der Waals surface area (Å²) in [5.41, 5.74) is 9.54. The van der Waals surface area contributed by atoms with Crippen molar-refractivity contribution in [2.24, 2.45) is 11.5 Å². The van der Waals surface area contributed by atoms with Gasteiger partial charge in [-0.05, 0) is 6.42 Å². The molecule has 0 fully saturated rings. The first-order valence-corrected chi connectivity index (χ1v) is 5.78. The SMILES string of the molecule is NC(=O)CC[C@H](NC(N)=O)C(=O)OP(=O)(O)O. The van der Waals surface area contributed by atoms with Gasteiger partial charge in [0.15, 0.2) is 0 Å². The minimum atomic E-state index is -5.02. The zero-order chi connectivity index (χ0) is 13.6. The number of phosphoric acid groups is 1. The van der Waals surface area contributed by atoms with Crippen LogP contribution in [0.2, 0.25) is 0 Å². The predicted molar refractivity (Wildman–Crippen MR) is 53.1 cm³/mol. The Labute approximate surface area is 95.5 Å². The highest BCUT2D eigenvalue weighted by Gasteiger charge is 2.28. The highest BCUT2D eigenvalue weighted by Crippen LogP contribution is 2.36. The molecule has 1 atom stereocenters. The first-order valence-electron chi connectivity index (χ1n) is 4.25. The van der Waals surface area contributed by atoms with Crippen molar-refractivity contribution in [3.63, 3.8) is 0 Å². The van der Waals surface area contributed by atoms with Crippen LogP contribution in [0.25, 0.3) is 0 Å². The fourth-order valence-corrected chi connectivity index (χ4v) is 1.25. The number of nitrogens with one attached hydrogen (secondary N) is 1. The van der Waals surface area contributed by atoms with Gasteiger partial charge >= 0.3 is 19.8 Å². The Hall–Kier alpha value is -1.64. The molecule has 10 nitrogen and oxygen atoms in total. The molecule has 0 aliphatic heterocycles. The van der Waals surface area contributed by atoms with Crippen molar-refractivity contribution < 1.29 is 33.3 Å². The topological polar surface area (TPSA) is 182 Å². The van der Waals surface area contributed by atoms with Crippen LogP contribution in [0.15, 0.2) is 0 Å². The van der Waals surface area contributed by atoms with Gasteiger partial charge in [-0.1, -0.05) is 0 Å². The molecule has 0 spiro atoms. The van der Waals surface area contributed by atoms with Crippen LogP contribution in [0.3, 0.4) is 0 Å². The highest BCUT2D eigenvalue weighted by atomic mass is 31.2. The van der Waals surface area contributed by atoms with E-state index in [2.05, 4.69) is 4.52 Å². The molecule has 0 aromatic carbocycles. The summed E-state index contributed by atoms with van der Waals surface area (Å²) < 4.78 is 14.1. The summed E-state index contributed by atoms with van der Waals surface area (Å²) in [6, 6.07) is -2.56. The summed E-state index contributed by atoms with van der Waals surface area (Å²) in [5, 5.41) is 1.87. The second kappa shape index (κ2) is 6.18. The van der Waals surface area contributed by atoms with E-state index >= 15 is 0 Å². The lowest BCUT2D eigenvalue weighted by molar-refractivity contribution is -0.138. The van der Waals surface area contributed by atoms with E-state index in [-0.39, 0.29) is 12.8 Å². The molecule has 0 bridgehead atoms. The van der Waals surface area contributed by atoms with Crippen LogP contribution in [0.5, 0.6) is 0 Å². The van der Waals surface area contributed by atoms with Crippen molar-refractivity contribution in [2.45, 2.75) is 18.9 Å². The molecule has 0 radical (unpaired) electrons. The number of primary amides is 2. The van der Waals surface area contributed by atoms with Crippen molar-refractivity contribution in [3.8, 4) is 0 Å². The van der Waals surface area contributed by atoms with Gasteiger partial charge in [0.25, 0.3) is 0 Å². The van der Waals surface area contributed by atoms with E-state index in [0.29, 0.717) is 0 Å². The summed E-state index contributed by atoms with van der Waals surface area (Å²) in [6.07, 6.45) is -0.571. The van der Waals surface area contributed by atoms with Gasteiger partial charge in [-0.25, -0.2) is 14.2 Å². The molecule has 17 heavy (non-hydrogen) atoms. The lowest BCUT2D eigenvalue weighted by atomic mass is 10.1. The second-order valence-corrected chi connectivity index (χ2v) is 4.13. The molecule has 0 aromatic rings. The fraction of sp³-hybridized carbons (Fsp3) is 0.500. The summed E-state index contributed by atoms with van der Waals surface area (Å²) in [4.78, 5) is 48.9. The van der Waals surface area contributed by atoms with E-state index in [1.54, 1.807) is 0 Å². The van der Waals surface area contributed by atoms with Crippen LogP contribution in [-0.4, -0.2) is 33.7 Å². The summed E-state index contributed by atoms with van der Waals surface area (Å²) in [5.74, 6) is -2.16. The highest BCUT2D eigenvalue weighted by molar-refractivity contribution is 7.46. The number of carbonyl (C=O) groups excluding carboxylic acids is 3. The van der Waals surface area contributed by atoms with Crippen molar-refractivity contribution in [1.82, 2.24) is 5.32 Å². The Bertz CT molecular complexity index is 365. The van der Waals surface area contributed by atoms with Crippen molar-refractivity contribution in [1.29, 1.82) is 0 Å². The van der Waals surface area contributed by atoms with Gasteiger partial charge in [0.2, 0.25) is 5.91 Å². The van der Waals surface area contributed by atoms with Crippen LogP contribution in [-0.2, 0) is 18.7 Å². The number of hydrogen-bond acceptors (Lipinski definition) is 5. The Kier molecular flexibility index (Phi) is 5.59. The Morgan fingerprint density at radius 1 is 1.29 bits per heavy atom. The lowest BCUT2D eigenvalue weighted by Crippen LogP contribution is -2.44. The Balaban J connectivity index is 4.55. The molecule has 0 rings (SSSR count). The molecular formula is C6H12N3O7P. The Morgan fingerprint density at radius 2 is 1.82 bits per heavy atom. The molecule has 0 aliphatic carbocycles. The van der Waals surface area contributed by atoms with E-state index in [9.17, 15) is 18.9 Å². The molecule has 0 saturated carbocycles. The molecule has 0 aromatic heterocycles. The van der Waals surface area contributed by atoms with E-state index in [1.165, 1.54) is 0 Å². The number of rotatable bonds is 6. The van der Waals surface area contributed by atoms with Crippen LogP contribution < -0.4 is 16.8 Å². The van der Waals surface area contributed by atoms with Crippen LogP contribution >= 0.6 is 7.82 Å². The van der Waals surface area contributed by atoms with Crippen molar-refractivity contribution >= 4 is 25.7 Å². The van der Waals surface area contributed by atoms with Crippen molar-refractivity contribution in [2.75, 3.05) is 0 Å². The third-order valence-electron chi connectivity index (χ3n) is 1.49. The van der Waals surface area contributed by atoms with Crippen molar-refractivity contribution in [3.05, 3.63) is 0 Å². The molecule has 0 unspecified atom stereocenters. The largest absolute Gasteiger partial charge is 0.527 e. The zero-order valence-corrected chi connectivity index (χ0v) is 9.42. The minimum absolute atomic E-state index is 0.281. The van der Waals surface area contributed by atoms with Gasteiger partial charge in [0, 0.05) is 6.42 Å². The summed E-state index contributed by atoms with van der Waals surface area (Å²) in [6.45, 7) is 0. The van der Waals surface area contributed by atoms with E-state index < -0.39 is 31.8 Å². The first-order chi connectivity index (χ1) is 7.61. The number of nitrogens with two attached hydrogens (primary N) is 2. The van der Waals surface area contributed by atoms with Gasteiger partial charge < -0.3 is 21.3 Å². The number of urea groups is 1. The Morgan fingerprint density at radius 3 is 2.18 bits per heavy atom. The number of phosphoric ester groups is 1. The maximum Gasteiger partial charge on any atom is 0.527 e.